The molecule has 0 bridgehead atoms. The number of hydrogen-bond donors (Lipinski definition) is 2. The average Bonchev–Trinajstić information content (AvgIpc) is 3.13. The van der Waals surface area contributed by atoms with E-state index >= 15 is 4.39 Å². The fourth-order valence-corrected chi connectivity index (χ4v) is 6.50. The number of piperidine rings is 1. The third-order valence-corrected chi connectivity index (χ3v) is 8.27. The van der Waals surface area contributed by atoms with E-state index in [1.807, 2.05) is 6.07 Å². The number of anilines is 2. The molecule has 2 aliphatic heterocycles. The number of halogens is 3. The van der Waals surface area contributed by atoms with E-state index in [4.69, 9.17) is 26.8 Å². The number of nitrogens with one attached hydrogen (secondary N) is 1. The zero-order valence-corrected chi connectivity index (χ0v) is 21.3. The third-order valence-electron chi connectivity index (χ3n) is 6.89. The zero-order chi connectivity index (χ0) is 25.8. The number of benzene rings is 2. The molecule has 4 aromatic rings. The number of rotatable bonds is 3. The summed E-state index contributed by atoms with van der Waals surface area (Å²) in [7, 11) is 1.42. The van der Waals surface area contributed by atoms with Gasteiger partial charge in [-0.15, -0.1) is 11.3 Å². The molecule has 1 unspecified atom stereocenters. The summed E-state index contributed by atoms with van der Waals surface area (Å²) >= 11 is 7.80. The number of nitrogens with two attached hydrogens (primary N) is 1. The van der Waals surface area contributed by atoms with E-state index in [0.29, 0.717) is 17.7 Å². The highest BCUT2D eigenvalue weighted by Crippen LogP contribution is 2.50. The van der Waals surface area contributed by atoms with Crippen LogP contribution in [0.2, 0.25) is 5.02 Å². The molecule has 12 heteroatoms. The van der Waals surface area contributed by atoms with Crippen molar-refractivity contribution < 1.29 is 18.3 Å². The maximum atomic E-state index is 16.5. The molecule has 0 amide bonds. The van der Waals surface area contributed by atoms with Gasteiger partial charge in [-0.05, 0) is 31.0 Å². The number of hydrogen-bond acceptors (Lipinski definition) is 9. The van der Waals surface area contributed by atoms with Crippen molar-refractivity contribution in [2.45, 2.75) is 18.9 Å². The van der Waals surface area contributed by atoms with Gasteiger partial charge in [0.15, 0.2) is 11.6 Å². The minimum absolute atomic E-state index is 0.00182. The van der Waals surface area contributed by atoms with Crippen LogP contribution in [-0.2, 0) is 0 Å². The van der Waals surface area contributed by atoms with E-state index in [0.717, 1.165) is 37.3 Å². The maximum absolute atomic E-state index is 16.5. The lowest BCUT2D eigenvalue weighted by molar-refractivity contribution is 0.320. The lowest BCUT2D eigenvalue weighted by Crippen LogP contribution is -2.47. The number of ether oxygens (including phenoxy) is 2. The Labute approximate surface area is 219 Å². The summed E-state index contributed by atoms with van der Waals surface area (Å²) in [6, 6.07) is 4.73. The van der Waals surface area contributed by atoms with Crippen LogP contribution in [0.4, 0.5) is 19.6 Å². The van der Waals surface area contributed by atoms with Crippen LogP contribution >= 0.6 is 22.9 Å². The molecule has 1 saturated heterocycles. The lowest BCUT2D eigenvalue weighted by atomic mass is 9.96. The van der Waals surface area contributed by atoms with Gasteiger partial charge in [0.1, 0.15) is 34.8 Å². The van der Waals surface area contributed by atoms with E-state index in [9.17, 15) is 9.65 Å². The number of thiophene rings is 1. The number of aromatic nitrogens is 2. The predicted molar refractivity (Wildman–Crippen MR) is 140 cm³/mol. The molecule has 0 spiro atoms. The number of nitriles is 1. The fraction of sp³-hybridized carbons (Fsp3) is 0.320. The van der Waals surface area contributed by atoms with Crippen LogP contribution < -0.4 is 25.4 Å². The number of nitrogens with zero attached hydrogens (tertiary/aromatic N) is 4. The van der Waals surface area contributed by atoms with E-state index in [-0.39, 0.29) is 66.7 Å². The van der Waals surface area contributed by atoms with Crippen molar-refractivity contribution in [3.05, 3.63) is 34.4 Å². The second-order valence-electron chi connectivity index (χ2n) is 8.88. The molecule has 0 radical (unpaired) electrons. The third kappa shape index (κ3) is 3.62. The molecule has 37 heavy (non-hydrogen) atoms. The SMILES string of the molecule is COc1nc2c3c(c(Cl)c(-c4ccc(F)c5sc(N)c(C#N)c45)c(F)c3n1)OCCN2C1CCCNC1. The molecule has 1 atom stereocenters. The Morgan fingerprint density at radius 1 is 1.32 bits per heavy atom. The van der Waals surface area contributed by atoms with Crippen LogP contribution in [0.15, 0.2) is 12.1 Å². The first-order chi connectivity index (χ1) is 17.9. The second-order valence-corrected chi connectivity index (χ2v) is 10.3. The van der Waals surface area contributed by atoms with Crippen LogP contribution in [0.5, 0.6) is 11.8 Å². The normalized spacial score (nSPS) is 17.5. The molecule has 6 rings (SSSR count). The number of nitrogen functional groups attached to an aromatic ring is 1. The van der Waals surface area contributed by atoms with Crippen LogP contribution in [0.25, 0.3) is 32.1 Å². The quantitative estimate of drug-likeness (QED) is 0.378. The Balaban J connectivity index is 1.69. The monoisotopic (exact) mass is 542 g/mol. The summed E-state index contributed by atoms with van der Waals surface area (Å²) in [6.45, 7) is 2.47. The van der Waals surface area contributed by atoms with Crippen molar-refractivity contribution in [1.82, 2.24) is 15.3 Å². The Bertz CT molecular complexity index is 1620. The van der Waals surface area contributed by atoms with Gasteiger partial charge in [-0.25, -0.2) is 8.78 Å². The highest BCUT2D eigenvalue weighted by molar-refractivity contribution is 7.23. The van der Waals surface area contributed by atoms with E-state index in [2.05, 4.69) is 20.2 Å². The maximum Gasteiger partial charge on any atom is 0.318 e. The number of fused-ring (bicyclic) bond motifs is 1. The van der Waals surface area contributed by atoms with Crippen molar-refractivity contribution in [1.29, 1.82) is 5.26 Å². The van der Waals surface area contributed by atoms with Crippen LogP contribution in [0, 0.1) is 23.0 Å². The highest BCUT2D eigenvalue weighted by Gasteiger charge is 2.33. The summed E-state index contributed by atoms with van der Waals surface area (Å²) in [6.07, 6.45) is 1.94. The summed E-state index contributed by atoms with van der Waals surface area (Å²) in [4.78, 5) is 11.0. The minimum atomic E-state index is -0.750. The van der Waals surface area contributed by atoms with Crippen molar-refractivity contribution in [3.8, 4) is 29.0 Å². The predicted octanol–water partition coefficient (Wildman–Crippen LogP) is 4.86. The summed E-state index contributed by atoms with van der Waals surface area (Å²) in [5, 5.41) is 13.8. The molecule has 2 aromatic carbocycles. The van der Waals surface area contributed by atoms with Crippen LogP contribution in [-0.4, -0.2) is 49.4 Å². The molecule has 4 heterocycles. The molecule has 2 aliphatic rings. The zero-order valence-electron chi connectivity index (χ0n) is 19.7. The van der Waals surface area contributed by atoms with Crippen molar-refractivity contribution in [2.24, 2.45) is 0 Å². The topological polar surface area (TPSA) is 109 Å². The van der Waals surface area contributed by atoms with Gasteiger partial charge in [-0.1, -0.05) is 17.7 Å². The molecule has 3 N–H and O–H groups in total. The first-order valence-electron chi connectivity index (χ1n) is 11.7. The van der Waals surface area contributed by atoms with Gasteiger partial charge in [0.05, 0.1) is 34.3 Å². The smallest absolute Gasteiger partial charge is 0.318 e. The molecule has 0 saturated carbocycles. The van der Waals surface area contributed by atoms with E-state index < -0.39 is 11.6 Å². The highest BCUT2D eigenvalue weighted by atomic mass is 35.5. The lowest BCUT2D eigenvalue weighted by Gasteiger charge is -2.35. The standard InChI is InChI=1S/C25H21ClF2N6O2S/c1-35-25-32-20-17-21(36-8-7-34(24(17)33-25)11-3-2-6-31-10-11)18(26)16(19(20)28)12-4-5-14(27)22-15(12)13(9-29)23(30)37-22/h4-5,11,31H,2-3,6-8,10,30H2,1H3. The second kappa shape index (κ2) is 9.13. The number of methoxy groups -OCH3 is 1. The van der Waals surface area contributed by atoms with Crippen molar-refractivity contribution in [3.63, 3.8) is 0 Å². The first-order valence-corrected chi connectivity index (χ1v) is 12.9. The van der Waals surface area contributed by atoms with Crippen molar-refractivity contribution in [2.75, 3.05) is 44.0 Å². The largest absolute Gasteiger partial charge is 0.489 e. The molecular weight excluding hydrogens is 522 g/mol. The Morgan fingerprint density at radius 3 is 2.89 bits per heavy atom. The molecule has 190 valence electrons. The average molecular weight is 543 g/mol. The summed E-state index contributed by atoms with van der Waals surface area (Å²) < 4.78 is 42.8. The molecule has 0 aliphatic carbocycles. The van der Waals surface area contributed by atoms with Crippen LogP contribution in [0.3, 0.4) is 0 Å². The van der Waals surface area contributed by atoms with Gasteiger partial charge in [0.2, 0.25) is 0 Å². The molecule has 8 nitrogen and oxygen atoms in total. The van der Waals surface area contributed by atoms with Crippen LogP contribution in [0.1, 0.15) is 18.4 Å². The fourth-order valence-electron chi connectivity index (χ4n) is 5.22. The van der Waals surface area contributed by atoms with Gasteiger partial charge >= 0.3 is 6.01 Å². The minimum Gasteiger partial charge on any atom is -0.489 e. The van der Waals surface area contributed by atoms with Gasteiger partial charge in [0, 0.05) is 23.5 Å². The van der Waals surface area contributed by atoms with Crippen molar-refractivity contribution >= 4 is 54.7 Å². The Morgan fingerprint density at radius 2 is 2.16 bits per heavy atom. The Hall–Kier alpha value is -3.46. The van der Waals surface area contributed by atoms with Gasteiger partial charge in [-0.2, -0.15) is 15.2 Å². The van der Waals surface area contributed by atoms with E-state index in [1.54, 1.807) is 0 Å². The van der Waals surface area contributed by atoms with E-state index in [1.165, 1.54) is 19.2 Å². The first kappa shape index (κ1) is 23.9. The van der Waals surface area contributed by atoms with Gasteiger partial charge in [-0.3, -0.25) is 0 Å². The van der Waals surface area contributed by atoms with Gasteiger partial charge < -0.3 is 25.4 Å². The molecule has 1 fully saturated rings. The van der Waals surface area contributed by atoms with Gasteiger partial charge in [0.25, 0.3) is 0 Å². The molecule has 2 aromatic heterocycles. The molecular formula is C25H21ClF2N6O2S. The Kier molecular flexibility index (Phi) is 5.90. The summed E-state index contributed by atoms with van der Waals surface area (Å²) in [5.74, 6) is -0.598. The summed E-state index contributed by atoms with van der Waals surface area (Å²) in [5.41, 5.74) is 6.21.